The van der Waals surface area contributed by atoms with Gasteiger partial charge in [0, 0.05) is 6.54 Å². The molecule has 5 nitrogen and oxygen atoms in total. The lowest BCUT2D eigenvalue weighted by molar-refractivity contribution is 0.317. The topological polar surface area (TPSA) is 81.4 Å². The molecule has 3 N–H and O–H groups in total. The monoisotopic (exact) mass is 258 g/mol. The zero-order chi connectivity index (χ0) is 12.7. The highest BCUT2D eigenvalue weighted by atomic mass is 32.2. The first-order chi connectivity index (χ1) is 8.07. The van der Waals surface area contributed by atoms with Crippen LogP contribution in [0.3, 0.4) is 0 Å². The Morgan fingerprint density at radius 3 is 2.82 bits per heavy atom. The Hall–Kier alpha value is -1.11. The fourth-order valence-corrected chi connectivity index (χ4v) is 2.01. The van der Waals surface area contributed by atoms with Crippen molar-refractivity contribution in [2.75, 3.05) is 19.4 Å². The van der Waals surface area contributed by atoms with Crippen LogP contribution in [-0.2, 0) is 16.6 Å². The van der Waals surface area contributed by atoms with Gasteiger partial charge in [0.05, 0.1) is 12.4 Å². The van der Waals surface area contributed by atoms with Gasteiger partial charge in [-0.25, -0.2) is 13.1 Å². The van der Waals surface area contributed by atoms with E-state index < -0.39 is 10.0 Å². The minimum Gasteiger partial charge on any atom is -0.494 e. The molecule has 6 heteroatoms. The van der Waals surface area contributed by atoms with Gasteiger partial charge in [0.1, 0.15) is 5.75 Å². The molecule has 1 aromatic carbocycles. The lowest BCUT2D eigenvalue weighted by Gasteiger charge is -2.07. The zero-order valence-corrected chi connectivity index (χ0v) is 10.7. The second kappa shape index (κ2) is 6.58. The molecule has 1 aromatic rings. The lowest BCUT2D eigenvalue weighted by atomic mass is 10.2. The Balaban J connectivity index is 2.36. The van der Waals surface area contributed by atoms with Crippen molar-refractivity contribution in [3.8, 4) is 5.75 Å². The minimum atomic E-state index is -3.14. The maximum Gasteiger partial charge on any atom is 0.211 e. The molecule has 96 valence electrons. The molecule has 0 amide bonds. The van der Waals surface area contributed by atoms with E-state index in [0.717, 1.165) is 11.3 Å². The number of benzene rings is 1. The zero-order valence-electron chi connectivity index (χ0n) is 9.85. The lowest BCUT2D eigenvalue weighted by Crippen LogP contribution is -2.23. The van der Waals surface area contributed by atoms with Crippen LogP contribution in [0.25, 0.3) is 0 Å². The first-order valence-corrected chi connectivity index (χ1v) is 7.05. The Kier molecular flexibility index (Phi) is 5.40. The highest BCUT2D eigenvalue weighted by Crippen LogP contribution is 2.13. The molecule has 0 saturated heterocycles. The molecule has 17 heavy (non-hydrogen) atoms. The first kappa shape index (κ1) is 14.0. The predicted octanol–water partition coefficient (Wildman–Crippen LogP) is 0.463. The second-order valence-corrected chi connectivity index (χ2v) is 5.62. The van der Waals surface area contributed by atoms with E-state index in [1.165, 1.54) is 7.05 Å². The van der Waals surface area contributed by atoms with E-state index in [1.54, 1.807) is 0 Å². The summed E-state index contributed by atoms with van der Waals surface area (Å²) in [5, 5.41) is 0. The van der Waals surface area contributed by atoms with Gasteiger partial charge in [0.15, 0.2) is 0 Å². The third-order valence-corrected chi connectivity index (χ3v) is 3.72. The van der Waals surface area contributed by atoms with Crippen LogP contribution in [0, 0.1) is 0 Å². The van der Waals surface area contributed by atoms with Gasteiger partial charge in [-0.3, -0.25) is 0 Å². The predicted molar refractivity (Wildman–Crippen MR) is 67.3 cm³/mol. The third kappa shape index (κ3) is 5.16. The Bertz CT molecular complexity index is 446. The van der Waals surface area contributed by atoms with Gasteiger partial charge in [-0.05, 0) is 31.2 Å². The van der Waals surface area contributed by atoms with Gasteiger partial charge in [-0.1, -0.05) is 12.1 Å². The summed E-state index contributed by atoms with van der Waals surface area (Å²) in [5.74, 6) is 0.787. The van der Waals surface area contributed by atoms with E-state index >= 15 is 0 Å². The van der Waals surface area contributed by atoms with Crippen LogP contribution in [-0.4, -0.2) is 27.8 Å². The Morgan fingerprint density at radius 1 is 1.41 bits per heavy atom. The Labute approximate surface area is 102 Å². The summed E-state index contributed by atoms with van der Waals surface area (Å²) in [4.78, 5) is 0. The van der Waals surface area contributed by atoms with Gasteiger partial charge in [0.25, 0.3) is 0 Å². The number of nitrogens with one attached hydrogen (secondary N) is 1. The molecule has 0 aliphatic heterocycles. The summed E-state index contributed by atoms with van der Waals surface area (Å²) in [5.41, 5.74) is 6.50. The molecule has 0 aromatic heterocycles. The SMILES string of the molecule is CNS(=O)(=O)CCCOc1cccc(CN)c1. The van der Waals surface area contributed by atoms with Crippen LogP contribution in [0.4, 0.5) is 0 Å². The normalized spacial score (nSPS) is 11.4. The number of sulfonamides is 1. The maximum atomic E-state index is 11.1. The van der Waals surface area contributed by atoms with Crippen LogP contribution < -0.4 is 15.2 Å². The van der Waals surface area contributed by atoms with Gasteiger partial charge >= 0.3 is 0 Å². The van der Waals surface area contributed by atoms with Gasteiger partial charge in [0.2, 0.25) is 10.0 Å². The van der Waals surface area contributed by atoms with Crippen LogP contribution in [0.15, 0.2) is 24.3 Å². The maximum absolute atomic E-state index is 11.1. The number of rotatable bonds is 7. The Morgan fingerprint density at radius 2 is 2.18 bits per heavy atom. The summed E-state index contributed by atoms with van der Waals surface area (Å²) in [6.45, 7) is 0.834. The summed E-state index contributed by atoms with van der Waals surface area (Å²) >= 11 is 0. The molecule has 0 radical (unpaired) electrons. The molecule has 0 heterocycles. The van der Waals surface area contributed by atoms with Crippen molar-refractivity contribution in [3.63, 3.8) is 0 Å². The minimum absolute atomic E-state index is 0.0695. The van der Waals surface area contributed by atoms with Crippen molar-refractivity contribution in [3.05, 3.63) is 29.8 Å². The van der Waals surface area contributed by atoms with Crippen molar-refractivity contribution < 1.29 is 13.2 Å². The van der Waals surface area contributed by atoms with E-state index in [-0.39, 0.29) is 5.75 Å². The largest absolute Gasteiger partial charge is 0.494 e. The average molecular weight is 258 g/mol. The van der Waals surface area contributed by atoms with Crippen molar-refractivity contribution in [1.82, 2.24) is 4.72 Å². The highest BCUT2D eigenvalue weighted by Gasteiger charge is 2.06. The van der Waals surface area contributed by atoms with E-state index in [1.807, 2.05) is 24.3 Å². The summed E-state index contributed by atoms with van der Waals surface area (Å²) < 4.78 is 30.0. The van der Waals surface area contributed by atoms with E-state index in [4.69, 9.17) is 10.5 Å². The molecule has 0 spiro atoms. The molecule has 0 unspecified atom stereocenters. The standard InChI is InChI=1S/C11H18N2O3S/c1-13-17(14,15)7-3-6-16-11-5-2-4-10(8-11)9-12/h2,4-5,8,13H,3,6-7,9,12H2,1H3. The van der Waals surface area contributed by atoms with Gasteiger partial charge < -0.3 is 10.5 Å². The average Bonchev–Trinajstić information content (AvgIpc) is 2.35. The molecule has 0 aliphatic rings. The van der Waals surface area contributed by atoms with E-state index in [2.05, 4.69) is 4.72 Å². The summed E-state index contributed by atoms with van der Waals surface area (Å²) in [6, 6.07) is 7.46. The number of nitrogens with two attached hydrogens (primary N) is 1. The summed E-state index contributed by atoms with van der Waals surface area (Å²) in [7, 11) is -1.73. The fourth-order valence-electron chi connectivity index (χ4n) is 1.30. The van der Waals surface area contributed by atoms with E-state index in [0.29, 0.717) is 19.6 Å². The van der Waals surface area contributed by atoms with Crippen molar-refractivity contribution >= 4 is 10.0 Å². The van der Waals surface area contributed by atoms with Crippen LogP contribution in [0.2, 0.25) is 0 Å². The van der Waals surface area contributed by atoms with Crippen molar-refractivity contribution in [2.24, 2.45) is 5.73 Å². The highest BCUT2D eigenvalue weighted by molar-refractivity contribution is 7.89. The van der Waals surface area contributed by atoms with Gasteiger partial charge in [-0.15, -0.1) is 0 Å². The molecule has 0 saturated carbocycles. The quantitative estimate of drug-likeness (QED) is 0.696. The van der Waals surface area contributed by atoms with E-state index in [9.17, 15) is 8.42 Å². The van der Waals surface area contributed by atoms with Crippen LogP contribution in [0.5, 0.6) is 5.75 Å². The molecule has 0 bridgehead atoms. The smallest absolute Gasteiger partial charge is 0.211 e. The number of ether oxygens (including phenoxy) is 1. The van der Waals surface area contributed by atoms with Crippen molar-refractivity contribution in [1.29, 1.82) is 0 Å². The first-order valence-electron chi connectivity index (χ1n) is 5.40. The fraction of sp³-hybridized carbons (Fsp3) is 0.455. The molecular weight excluding hydrogens is 240 g/mol. The summed E-state index contributed by atoms with van der Waals surface area (Å²) in [6.07, 6.45) is 0.454. The molecule has 0 aliphatic carbocycles. The van der Waals surface area contributed by atoms with Crippen LogP contribution in [0.1, 0.15) is 12.0 Å². The molecule has 0 atom stereocenters. The molecule has 1 rings (SSSR count). The van der Waals surface area contributed by atoms with Crippen molar-refractivity contribution in [2.45, 2.75) is 13.0 Å². The number of hydrogen-bond acceptors (Lipinski definition) is 4. The second-order valence-electron chi connectivity index (χ2n) is 3.58. The van der Waals surface area contributed by atoms with Crippen LogP contribution >= 0.6 is 0 Å². The molecular formula is C11H18N2O3S. The molecule has 0 fully saturated rings. The van der Waals surface area contributed by atoms with Gasteiger partial charge in [-0.2, -0.15) is 0 Å². The number of hydrogen-bond donors (Lipinski definition) is 2. The third-order valence-electron chi connectivity index (χ3n) is 2.27.